The van der Waals surface area contributed by atoms with E-state index in [1.807, 2.05) is 49.1 Å². The van der Waals surface area contributed by atoms with E-state index in [0.29, 0.717) is 12.5 Å². The van der Waals surface area contributed by atoms with Crippen LogP contribution < -0.4 is 4.67 Å². The molecule has 0 spiro atoms. The summed E-state index contributed by atoms with van der Waals surface area (Å²) in [5.41, 5.74) is 1.09. The van der Waals surface area contributed by atoms with Crippen molar-refractivity contribution in [1.29, 1.82) is 0 Å². The molecular formula is C15H25N2O2P. The fourth-order valence-corrected chi connectivity index (χ4v) is 4.33. The molecule has 2 atom stereocenters. The first-order valence-electron chi connectivity index (χ1n) is 7.00. The molecular weight excluding hydrogens is 271 g/mol. The third-order valence-corrected chi connectivity index (χ3v) is 6.43. The van der Waals surface area contributed by atoms with Gasteiger partial charge in [0.05, 0.1) is 6.61 Å². The third-order valence-electron chi connectivity index (χ3n) is 3.93. The van der Waals surface area contributed by atoms with E-state index in [9.17, 15) is 4.57 Å². The van der Waals surface area contributed by atoms with Crippen molar-refractivity contribution in [3.8, 4) is 0 Å². The molecule has 4 nitrogen and oxygen atoms in total. The summed E-state index contributed by atoms with van der Waals surface area (Å²) < 4.78 is 22.7. The van der Waals surface area contributed by atoms with Crippen LogP contribution in [0.15, 0.2) is 30.3 Å². The Balaban J connectivity index is 2.37. The van der Waals surface area contributed by atoms with Gasteiger partial charge in [-0.3, -0.25) is 4.67 Å². The van der Waals surface area contributed by atoms with Gasteiger partial charge in [-0.25, -0.2) is 9.24 Å². The number of nitrogens with zero attached hydrogens (tertiary/aromatic N) is 2. The van der Waals surface area contributed by atoms with Crippen molar-refractivity contribution < 1.29 is 9.09 Å². The molecule has 1 saturated heterocycles. The minimum atomic E-state index is -2.96. The molecule has 2 unspecified atom stereocenters. The minimum Gasteiger partial charge on any atom is -0.301 e. The van der Waals surface area contributed by atoms with Crippen LogP contribution in [-0.4, -0.2) is 31.9 Å². The number of para-hydroxylation sites is 1. The predicted octanol–water partition coefficient (Wildman–Crippen LogP) is 3.86. The molecule has 1 aromatic rings. The summed E-state index contributed by atoms with van der Waals surface area (Å²) in [7, 11) is 0.670. The summed E-state index contributed by atoms with van der Waals surface area (Å²) in [6.45, 7) is 7.91. The van der Waals surface area contributed by atoms with E-state index < -0.39 is 7.67 Å². The van der Waals surface area contributed by atoms with Crippen LogP contribution >= 0.6 is 7.67 Å². The second-order valence-electron chi connectivity index (χ2n) is 6.61. The number of benzene rings is 1. The number of anilines is 1. The summed E-state index contributed by atoms with van der Waals surface area (Å²) in [4.78, 5) is 0. The van der Waals surface area contributed by atoms with Crippen LogP contribution in [0.25, 0.3) is 0 Å². The van der Waals surface area contributed by atoms with Gasteiger partial charge in [0.25, 0.3) is 0 Å². The summed E-state index contributed by atoms with van der Waals surface area (Å²) in [6, 6.07) is 9.89. The maximum atomic E-state index is 13.2. The second kappa shape index (κ2) is 5.51. The Morgan fingerprint density at radius 3 is 2.35 bits per heavy atom. The van der Waals surface area contributed by atoms with Gasteiger partial charge in [0, 0.05) is 18.2 Å². The lowest BCUT2D eigenvalue weighted by Gasteiger charge is -2.46. The zero-order valence-electron chi connectivity index (χ0n) is 13.0. The molecule has 1 heterocycles. The summed E-state index contributed by atoms with van der Waals surface area (Å²) >= 11 is 0. The molecule has 20 heavy (non-hydrogen) atoms. The maximum absolute atomic E-state index is 13.2. The highest BCUT2D eigenvalue weighted by atomic mass is 31.2. The topological polar surface area (TPSA) is 32.8 Å². The van der Waals surface area contributed by atoms with Gasteiger partial charge in [-0.2, -0.15) is 0 Å². The Labute approximate surface area is 122 Å². The van der Waals surface area contributed by atoms with Crippen LogP contribution in [0.3, 0.4) is 0 Å². The average Bonchev–Trinajstić information content (AvgIpc) is 2.38. The summed E-state index contributed by atoms with van der Waals surface area (Å²) in [5, 5.41) is 0. The smallest absolute Gasteiger partial charge is 0.301 e. The molecule has 112 valence electrons. The highest BCUT2D eigenvalue weighted by Gasteiger charge is 2.43. The van der Waals surface area contributed by atoms with Crippen LogP contribution in [-0.2, 0) is 9.09 Å². The monoisotopic (exact) mass is 296 g/mol. The van der Waals surface area contributed by atoms with E-state index in [0.717, 1.165) is 12.2 Å². The highest BCUT2D eigenvalue weighted by molar-refractivity contribution is 7.58. The van der Waals surface area contributed by atoms with Gasteiger partial charge in [-0.05, 0) is 31.6 Å². The van der Waals surface area contributed by atoms with Crippen LogP contribution in [0, 0.1) is 11.3 Å². The highest BCUT2D eigenvalue weighted by Crippen LogP contribution is 2.58. The van der Waals surface area contributed by atoms with Crippen molar-refractivity contribution in [2.24, 2.45) is 11.3 Å². The van der Waals surface area contributed by atoms with Crippen molar-refractivity contribution in [3.05, 3.63) is 30.3 Å². The molecule has 1 aliphatic heterocycles. The molecule has 0 N–H and O–H groups in total. The van der Waals surface area contributed by atoms with Crippen molar-refractivity contribution >= 4 is 13.4 Å². The Hall–Kier alpha value is -0.830. The Bertz CT molecular complexity index is 496. The van der Waals surface area contributed by atoms with E-state index in [1.165, 1.54) is 0 Å². The lowest BCUT2D eigenvalue weighted by atomic mass is 9.81. The lowest BCUT2D eigenvalue weighted by molar-refractivity contribution is 0.126. The van der Waals surface area contributed by atoms with Crippen molar-refractivity contribution in [1.82, 2.24) is 4.67 Å². The molecule has 0 aromatic heterocycles. The van der Waals surface area contributed by atoms with Crippen molar-refractivity contribution in [3.63, 3.8) is 0 Å². The first-order chi connectivity index (χ1) is 9.25. The van der Waals surface area contributed by atoms with E-state index in [4.69, 9.17) is 4.52 Å². The molecule has 1 aliphatic rings. The zero-order valence-corrected chi connectivity index (χ0v) is 13.9. The first kappa shape index (κ1) is 15.6. The van der Waals surface area contributed by atoms with Crippen LogP contribution in [0.2, 0.25) is 0 Å². The number of rotatable bonds is 2. The summed E-state index contributed by atoms with van der Waals surface area (Å²) in [5.74, 6) is 0.352. The molecule has 0 aliphatic carbocycles. The van der Waals surface area contributed by atoms with E-state index >= 15 is 0 Å². The minimum absolute atomic E-state index is 0.130. The third kappa shape index (κ3) is 2.93. The van der Waals surface area contributed by atoms with Gasteiger partial charge in [-0.15, -0.1) is 0 Å². The fourth-order valence-electron chi connectivity index (χ4n) is 2.33. The van der Waals surface area contributed by atoms with Crippen molar-refractivity contribution in [2.45, 2.75) is 20.8 Å². The fraction of sp³-hybridized carbons (Fsp3) is 0.600. The SMILES string of the molecule is CN(C)P1(=O)OCC(C(C)(C)C)CN1c1ccccc1. The molecule has 0 bridgehead atoms. The second-order valence-corrected chi connectivity index (χ2v) is 9.14. The van der Waals surface area contributed by atoms with Gasteiger partial charge in [-0.1, -0.05) is 39.0 Å². The Morgan fingerprint density at radius 2 is 1.85 bits per heavy atom. The number of hydrogen-bond donors (Lipinski definition) is 0. The van der Waals surface area contributed by atoms with Gasteiger partial charge in [0.2, 0.25) is 0 Å². The van der Waals surface area contributed by atoms with Gasteiger partial charge < -0.3 is 4.52 Å². The first-order valence-corrected chi connectivity index (χ1v) is 8.53. The predicted molar refractivity (Wildman–Crippen MR) is 84.0 cm³/mol. The van der Waals surface area contributed by atoms with Crippen molar-refractivity contribution in [2.75, 3.05) is 31.9 Å². The zero-order chi connectivity index (χ0) is 15.0. The van der Waals surface area contributed by atoms with Crippen LogP contribution in [0.4, 0.5) is 5.69 Å². The van der Waals surface area contributed by atoms with E-state index in [2.05, 4.69) is 20.8 Å². The largest absolute Gasteiger partial charge is 0.370 e. The molecule has 0 amide bonds. The van der Waals surface area contributed by atoms with Gasteiger partial charge >= 0.3 is 7.67 Å². The van der Waals surface area contributed by atoms with Crippen LogP contribution in [0.1, 0.15) is 20.8 Å². The molecule has 5 heteroatoms. The van der Waals surface area contributed by atoms with Gasteiger partial charge in [0.1, 0.15) is 0 Å². The number of hydrogen-bond acceptors (Lipinski definition) is 2. The molecule has 1 fully saturated rings. The Kier molecular flexibility index (Phi) is 4.29. The van der Waals surface area contributed by atoms with Gasteiger partial charge in [0.15, 0.2) is 0 Å². The lowest BCUT2D eigenvalue weighted by Crippen LogP contribution is -2.44. The van der Waals surface area contributed by atoms with E-state index in [1.54, 1.807) is 4.67 Å². The average molecular weight is 296 g/mol. The summed E-state index contributed by atoms with van der Waals surface area (Å²) in [6.07, 6.45) is 0. The Morgan fingerprint density at radius 1 is 1.25 bits per heavy atom. The molecule has 2 rings (SSSR count). The molecule has 0 radical (unpaired) electrons. The van der Waals surface area contributed by atoms with E-state index in [-0.39, 0.29) is 5.41 Å². The quantitative estimate of drug-likeness (QED) is 0.776. The normalized spacial score (nSPS) is 27.9. The molecule has 0 saturated carbocycles. The van der Waals surface area contributed by atoms with Crippen LogP contribution in [0.5, 0.6) is 0 Å². The molecule has 1 aromatic carbocycles. The maximum Gasteiger partial charge on any atom is 0.370 e. The standard InChI is InChI=1S/C15H25N2O2P/c1-15(2,3)13-11-17(14-9-7-6-8-10-14)20(18,16(4)5)19-12-13/h6-10,13H,11-12H2,1-5H3.